The van der Waals surface area contributed by atoms with Crippen molar-refractivity contribution in [1.82, 2.24) is 0 Å². The first-order valence-corrected chi connectivity index (χ1v) is 26.9. The van der Waals surface area contributed by atoms with Gasteiger partial charge in [-0.3, -0.25) is 0 Å². The second kappa shape index (κ2) is 64.0. The van der Waals surface area contributed by atoms with Gasteiger partial charge in [0, 0.05) is 17.9 Å². The molecule has 0 aliphatic heterocycles. The van der Waals surface area contributed by atoms with Gasteiger partial charge in [0.15, 0.2) is 0 Å². The number of carboxylic acids is 3. The van der Waals surface area contributed by atoms with Crippen LogP contribution in [-0.2, 0) is 14.4 Å². The van der Waals surface area contributed by atoms with E-state index < -0.39 is 17.9 Å². The maximum atomic E-state index is 10.2. The van der Waals surface area contributed by atoms with Crippen LogP contribution in [0.1, 0.15) is 329 Å². The number of aliphatic carboxylic acids is 3. The second-order valence-corrected chi connectivity index (χ2v) is 18.2. The number of carbonyl (C=O) groups excluding carboxylic acids is 3. The van der Waals surface area contributed by atoms with E-state index in [9.17, 15) is 29.7 Å². The number of rotatable bonds is 48. The Morgan fingerprint density at radius 2 is 0.311 bits per heavy atom. The van der Waals surface area contributed by atoms with Gasteiger partial charge in [0.05, 0.1) is 0 Å². The van der Waals surface area contributed by atoms with E-state index in [1.54, 1.807) is 0 Å². The van der Waals surface area contributed by atoms with Gasteiger partial charge in [-0.1, -0.05) is 290 Å². The smallest absolute Gasteiger partial charge is 0.550 e. The van der Waals surface area contributed by atoms with Crippen molar-refractivity contribution < 1.29 is 70.1 Å². The van der Waals surface area contributed by atoms with Gasteiger partial charge in [0.2, 0.25) is 0 Å². The van der Waals surface area contributed by atoms with E-state index in [-0.39, 0.29) is 59.7 Å². The van der Waals surface area contributed by atoms with Crippen LogP contribution in [0.15, 0.2) is 0 Å². The fourth-order valence-corrected chi connectivity index (χ4v) is 7.92. The fourth-order valence-electron chi connectivity index (χ4n) is 7.92. The molecule has 0 unspecified atom stereocenters. The molecule has 0 amide bonds. The van der Waals surface area contributed by atoms with Gasteiger partial charge < -0.3 is 29.7 Å². The molecule has 6 nitrogen and oxygen atoms in total. The Hall–Kier alpha value is -0.252. The Bertz CT molecular complexity index is 717. The fraction of sp³-hybridized carbons (Fsp3) is 0.944. The minimum atomic E-state index is -0.903. The molecule has 0 aliphatic rings. The van der Waals surface area contributed by atoms with Crippen molar-refractivity contribution in [3.8, 4) is 0 Å². The Labute approximate surface area is 414 Å². The number of carboxylic acid groups (broad SMARTS) is 3. The van der Waals surface area contributed by atoms with Crippen molar-refractivity contribution in [1.29, 1.82) is 0 Å². The number of unbranched alkanes of at least 4 members (excludes halogenated alkanes) is 42. The normalized spacial score (nSPS) is 10.7. The van der Waals surface area contributed by atoms with Gasteiger partial charge in [0.25, 0.3) is 0 Å². The quantitative estimate of drug-likeness (QED) is 0.0560. The Morgan fingerprint density at radius 3 is 0.410 bits per heavy atom. The zero-order valence-electron chi connectivity index (χ0n) is 41.3. The average Bonchev–Trinajstić information content (AvgIpc) is 3.22. The van der Waals surface area contributed by atoms with Gasteiger partial charge in [-0.25, -0.2) is 0 Å². The van der Waals surface area contributed by atoms with Crippen LogP contribution in [0.3, 0.4) is 0 Å². The van der Waals surface area contributed by atoms with Crippen molar-refractivity contribution in [3.63, 3.8) is 0 Å². The van der Waals surface area contributed by atoms with Crippen molar-refractivity contribution in [2.75, 3.05) is 0 Å². The Morgan fingerprint density at radius 1 is 0.213 bits per heavy atom. The maximum Gasteiger partial charge on any atom is 3.00 e. The number of carbonyl (C=O) groups is 3. The molecule has 0 aromatic heterocycles. The van der Waals surface area contributed by atoms with Crippen LogP contribution in [-0.4, -0.2) is 17.9 Å². The number of hydrogen-bond acceptors (Lipinski definition) is 6. The van der Waals surface area contributed by atoms with Crippen molar-refractivity contribution >= 4 is 17.9 Å². The molecular weight excluding hydrogens is 895 g/mol. The third kappa shape index (κ3) is 77.4. The summed E-state index contributed by atoms with van der Waals surface area (Å²) in [7, 11) is 0. The minimum absolute atomic E-state index is 0. The molecule has 61 heavy (non-hydrogen) atoms. The first-order valence-electron chi connectivity index (χ1n) is 26.9. The van der Waals surface area contributed by atoms with Crippen LogP contribution in [0.4, 0.5) is 0 Å². The molecule has 0 heterocycles. The first kappa shape index (κ1) is 67.3. The van der Waals surface area contributed by atoms with E-state index in [1.165, 1.54) is 250 Å². The van der Waals surface area contributed by atoms with E-state index in [0.717, 1.165) is 38.5 Å². The third-order valence-electron chi connectivity index (χ3n) is 12.0. The minimum Gasteiger partial charge on any atom is -0.550 e. The molecule has 7 heteroatoms. The summed E-state index contributed by atoms with van der Waals surface area (Å²) >= 11 is 0. The summed E-state index contributed by atoms with van der Waals surface area (Å²) in [5.74, 6) is -2.71. The van der Waals surface area contributed by atoms with E-state index >= 15 is 0 Å². The molecule has 0 aromatic carbocycles. The molecule has 0 aliphatic carbocycles. The van der Waals surface area contributed by atoms with Gasteiger partial charge >= 0.3 is 40.4 Å². The Kier molecular flexibility index (Phi) is 70.7. The summed E-state index contributed by atoms with van der Waals surface area (Å²) in [6, 6.07) is 0. The van der Waals surface area contributed by atoms with Crippen LogP contribution in [0.5, 0.6) is 0 Å². The second-order valence-electron chi connectivity index (χ2n) is 18.2. The molecule has 0 saturated carbocycles. The molecule has 0 bridgehead atoms. The summed E-state index contributed by atoms with van der Waals surface area (Å²) in [4.78, 5) is 30.7. The summed E-state index contributed by atoms with van der Waals surface area (Å²) < 4.78 is 0. The van der Waals surface area contributed by atoms with Crippen molar-refractivity contribution in [3.05, 3.63) is 0 Å². The van der Waals surface area contributed by atoms with E-state index in [4.69, 9.17) is 0 Å². The van der Waals surface area contributed by atoms with Gasteiger partial charge in [-0.2, -0.15) is 0 Å². The van der Waals surface area contributed by atoms with Crippen LogP contribution in [0.2, 0.25) is 0 Å². The summed E-state index contributed by atoms with van der Waals surface area (Å²) in [5.41, 5.74) is 0. The molecule has 0 saturated heterocycles. The Balaban J connectivity index is -0.000000396. The van der Waals surface area contributed by atoms with E-state index in [1.807, 2.05) is 0 Å². The first-order chi connectivity index (χ1) is 29.3. The predicted molar refractivity (Wildman–Crippen MR) is 254 cm³/mol. The SMILES string of the molecule is CCCCCCCCCCCCCCCCCC(=O)[O-].CCCCCCCCCCCCCCCCCC(=O)[O-].CCCCCCCCCCCCCCCCCC(=O)[O-].[Sm+3]. The van der Waals surface area contributed by atoms with Crippen LogP contribution >= 0.6 is 0 Å². The van der Waals surface area contributed by atoms with Crippen molar-refractivity contribution in [2.45, 2.75) is 329 Å². The molecule has 0 N–H and O–H groups in total. The van der Waals surface area contributed by atoms with Crippen molar-refractivity contribution in [2.24, 2.45) is 0 Å². The zero-order valence-corrected chi connectivity index (χ0v) is 43.9. The van der Waals surface area contributed by atoms with Gasteiger partial charge in [-0.05, 0) is 38.5 Å². The van der Waals surface area contributed by atoms with Crippen LogP contribution in [0, 0.1) is 40.4 Å². The maximum absolute atomic E-state index is 10.2. The summed E-state index contributed by atoms with van der Waals surface area (Å²) in [6.45, 7) is 6.80. The molecule has 1 radical (unpaired) electrons. The molecule has 0 rings (SSSR count). The standard InChI is InChI=1S/3C18H36O2.Sm/c3*1-2-3-4-5-6-7-8-9-10-11-12-13-14-15-16-17-18(19)20;/h3*2-17H2,1H3,(H,19,20);/q;;;+3/p-3. The molecule has 363 valence electrons. The number of hydrogen-bond donors (Lipinski definition) is 0. The molecule has 0 spiro atoms. The zero-order chi connectivity index (χ0) is 44.7. The molecular formula is C54H105O6Sm. The van der Waals surface area contributed by atoms with Gasteiger partial charge in [0.1, 0.15) is 0 Å². The third-order valence-corrected chi connectivity index (χ3v) is 12.0. The molecule has 0 atom stereocenters. The predicted octanol–water partition coefficient (Wildman–Crippen LogP) is 15.0. The topological polar surface area (TPSA) is 120 Å². The van der Waals surface area contributed by atoms with Gasteiger partial charge in [-0.15, -0.1) is 0 Å². The summed E-state index contributed by atoms with van der Waals surface area (Å²) in [6.07, 6.45) is 59.6. The van der Waals surface area contributed by atoms with Crippen LogP contribution < -0.4 is 15.3 Å². The molecule has 0 fully saturated rings. The average molecular weight is 1000 g/mol. The summed E-state index contributed by atoms with van der Waals surface area (Å²) in [5, 5.41) is 30.7. The van der Waals surface area contributed by atoms with Crippen LogP contribution in [0.25, 0.3) is 0 Å². The monoisotopic (exact) mass is 1000 g/mol. The molecule has 0 aromatic rings. The largest absolute Gasteiger partial charge is 3.00 e. The van der Waals surface area contributed by atoms with E-state index in [2.05, 4.69) is 20.8 Å². The van der Waals surface area contributed by atoms with E-state index in [0.29, 0.717) is 0 Å².